The molecule has 0 bridgehead atoms. The number of benzene rings is 2. The third-order valence-corrected chi connectivity index (χ3v) is 4.04. The second kappa shape index (κ2) is 8.43. The van der Waals surface area contributed by atoms with E-state index < -0.39 is 17.6 Å². The van der Waals surface area contributed by atoms with Gasteiger partial charge >= 0.3 is 0 Å². The van der Waals surface area contributed by atoms with Gasteiger partial charge in [0.05, 0.1) is 5.69 Å². The maximum atomic E-state index is 13.5. The number of rotatable bonds is 6. The van der Waals surface area contributed by atoms with Gasteiger partial charge in [0.15, 0.2) is 5.69 Å². The molecule has 0 saturated heterocycles. The minimum absolute atomic E-state index is 0.179. The van der Waals surface area contributed by atoms with Crippen molar-refractivity contribution in [1.29, 1.82) is 0 Å². The normalized spacial score (nSPS) is 10.5. The molecule has 2 amide bonds. The Balaban J connectivity index is 1.48. The predicted octanol–water partition coefficient (Wildman–Crippen LogP) is 2.62. The molecule has 0 radical (unpaired) electrons. The summed E-state index contributed by atoms with van der Waals surface area (Å²) in [6.45, 7) is 1.98. The molecule has 8 heteroatoms. The topological polar surface area (TPSA) is 76.0 Å². The first-order valence-corrected chi connectivity index (χ1v) is 8.58. The molecule has 0 fully saturated rings. The zero-order valence-corrected chi connectivity index (χ0v) is 15.1. The molecule has 1 aromatic heterocycles. The van der Waals surface area contributed by atoms with E-state index in [1.165, 1.54) is 41.1 Å². The Morgan fingerprint density at radius 3 is 2.32 bits per heavy atom. The third-order valence-electron chi connectivity index (χ3n) is 4.04. The van der Waals surface area contributed by atoms with Gasteiger partial charge in [-0.15, -0.1) is 0 Å². The molecular formula is C20H18F2N4O2. The van der Waals surface area contributed by atoms with Crippen LogP contribution in [0, 0.1) is 18.6 Å². The van der Waals surface area contributed by atoms with E-state index in [1.54, 1.807) is 25.3 Å². The quantitative estimate of drug-likeness (QED) is 0.642. The lowest BCUT2D eigenvalue weighted by Gasteiger charge is -2.07. The summed E-state index contributed by atoms with van der Waals surface area (Å²) in [5.74, 6) is -1.63. The fourth-order valence-corrected chi connectivity index (χ4v) is 2.46. The van der Waals surface area contributed by atoms with Gasteiger partial charge in [-0.05, 0) is 55.0 Å². The van der Waals surface area contributed by atoms with E-state index in [0.717, 1.165) is 0 Å². The summed E-state index contributed by atoms with van der Waals surface area (Å²) in [5, 5.41) is 9.39. The van der Waals surface area contributed by atoms with Crippen LogP contribution in [-0.2, 0) is 0 Å². The number of carbonyl (C=O) groups is 2. The molecule has 3 rings (SSSR count). The minimum atomic E-state index is -0.447. The van der Waals surface area contributed by atoms with Crippen LogP contribution in [0.25, 0.3) is 5.69 Å². The maximum Gasteiger partial charge on any atom is 0.271 e. The summed E-state index contributed by atoms with van der Waals surface area (Å²) in [5.41, 5.74) is 1.49. The summed E-state index contributed by atoms with van der Waals surface area (Å²) in [7, 11) is 0. The Morgan fingerprint density at radius 1 is 0.964 bits per heavy atom. The van der Waals surface area contributed by atoms with Gasteiger partial charge < -0.3 is 10.6 Å². The standard InChI is InChI=1S/C20H18F2N4O2/c1-13-2-3-14(12-17(13)22)19(27)23-9-10-24-20(28)18-8-11-26(25-18)16-6-4-15(21)5-7-16/h2-8,11-12H,9-10H2,1H3,(H,23,27)(H,24,28). The monoisotopic (exact) mass is 384 g/mol. The van der Waals surface area contributed by atoms with E-state index in [1.807, 2.05) is 0 Å². The van der Waals surface area contributed by atoms with Crippen molar-refractivity contribution in [3.05, 3.63) is 83.2 Å². The fraction of sp³-hybridized carbons (Fsp3) is 0.150. The average Bonchev–Trinajstić information content (AvgIpc) is 3.18. The molecule has 2 N–H and O–H groups in total. The second-order valence-electron chi connectivity index (χ2n) is 6.10. The molecule has 0 unspecified atom stereocenters. The number of halogens is 2. The molecule has 1 heterocycles. The van der Waals surface area contributed by atoms with Gasteiger partial charge in [-0.1, -0.05) is 6.07 Å². The Morgan fingerprint density at radius 2 is 1.64 bits per heavy atom. The van der Waals surface area contributed by atoms with E-state index in [4.69, 9.17) is 0 Å². The fourth-order valence-electron chi connectivity index (χ4n) is 2.46. The van der Waals surface area contributed by atoms with Crippen molar-refractivity contribution in [2.24, 2.45) is 0 Å². The lowest BCUT2D eigenvalue weighted by Crippen LogP contribution is -2.34. The van der Waals surface area contributed by atoms with Crippen LogP contribution in [0.15, 0.2) is 54.7 Å². The molecule has 3 aromatic rings. The molecule has 0 saturated carbocycles. The summed E-state index contributed by atoms with van der Waals surface area (Å²) < 4.78 is 27.9. The highest BCUT2D eigenvalue weighted by Gasteiger charge is 2.11. The van der Waals surface area contributed by atoms with Crippen molar-refractivity contribution in [1.82, 2.24) is 20.4 Å². The molecule has 28 heavy (non-hydrogen) atoms. The van der Waals surface area contributed by atoms with Crippen molar-refractivity contribution in [3.8, 4) is 5.69 Å². The average molecular weight is 384 g/mol. The van der Waals surface area contributed by atoms with Crippen LogP contribution in [0.4, 0.5) is 8.78 Å². The van der Waals surface area contributed by atoms with Gasteiger partial charge in [0.2, 0.25) is 0 Å². The second-order valence-corrected chi connectivity index (χ2v) is 6.10. The maximum absolute atomic E-state index is 13.5. The number of aryl methyl sites for hydroxylation is 1. The van der Waals surface area contributed by atoms with E-state index in [-0.39, 0.29) is 30.2 Å². The zero-order valence-electron chi connectivity index (χ0n) is 15.1. The van der Waals surface area contributed by atoms with Gasteiger partial charge in [0, 0.05) is 24.8 Å². The van der Waals surface area contributed by atoms with Crippen LogP contribution in [0.5, 0.6) is 0 Å². The highest BCUT2D eigenvalue weighted by Crippen LogP contribution is 2.10. The molecule has 0 aliphatic carbocycles. The van der Waals surface area contributed by atoms with Crippen LogP contribution < -0.4 is 10.6 Å². The molecule has 0 atom stereocenters. The highest BCUT2D eigenvalue weighted by atomic mass is 19.1. The van der Waals surface area contributed by atoms with Gasteiger partial charge in [0.1, 0.15) is 11.6 Å². The van der Waals surface area contributed by atoms with E-state index in [2.05, 4.69) is 15.7 Å². The number of carbonyl (C=O) groups excluding carboxylic acids is 2. The van der Waals surface area contributed by atoms with Gasteiger partial charge in [0.25, 0.3) is 11.8 Å². The number of amides is 2. The number of nitrogens with zero attached hydrogens (tertiary/aromatic N) is 2. The molecule has 0 aliphatic rings. The van der Waals surface area contributed by atoms with Crippen LogP contribution in [0.1, 0.15) is 26.4 Å². The number of nitrogens with one attached hydrogen (secondary N) is 2. The zero-order chi connectivity index (χ0) is 20.1. The lowest BCUT2D eigenvalue weighted by atomic mass is 10.1. The Hall–Kier alpha value is -3.55. The molecule has 0 aliphatic heterocycles. The summed E-state index contributed by atoms with van der Waals surface area (Å²) >= 11 is 0. The van der Waals surface area contributed by atoms with Crippen LogP contribution >= 0.6 is 0 Å². The summed E-state index contributed by atoms with van der Waals surface area (Å²) in [6.07, 6.45) is 1.59. The Labute approximate surface area is 160 Å². The number of hydrogen-bond acceptors (Lipinski definition) is 3. The first kappa shape index (κ1) is 19.2. The highest BCUT2D eigenvalue weighted by molar-refractivity contribution is 5.94. The van der Waals surface area contributed by atoms with Gasteiger partial charge in [-0.2, -0.15) is 5.10 Å². The van der Waals surface area contributed by atoms with Crippen molar-refractivity contribution < 1.29 is 18.4 Å². The minimum Gasteiger partial charge on any atom is -0.350 e. The lowest BCUT2D eigenvalue weighted by molar-refractivity contribution is 0.0924. The SMILES string of the molecule is Cc1ccc(C(=O)NCCNC(=O)c2ccn(-c3ccc(F)cc3)n2)cc1F. The number of hydrogen-bond donors (Lipinski definition) is 2. The predicted molar refractivity (Wildman–Crippen MR) is 99.3 cm³/mol. The third kappa shape index (κ3) is 4.59. The molecule has 0 spiro atoms. The van der Waals surface area contributed by atoms with Gasteiger partial charge in [-0.25, -0.2) is 13.5 Å². The first-order chi connectivity index (χ1) is 13.4. The van der Waals surface area contributed by atoms with E-state index >= 15 is 0 Å². The molecule has 2 aromatic carbocycles. The van der Waals surface area contributed by atoms with Crippen LogP contribution in [0.2, 0.25) is 0 Å². The van der Waals surface area contributed by atoms with Crippen molar-refractivity contribution >= 4 is 11.8 Å². The summed E-state index contributed by atoms with van der Waals surface area (Å²) in [6, 6.07) is 11.5. The Kier molecular flexibility index (Phi) is 5.78. The van der Waals surface area contributed by atoms with E-state index in [0.29, 0.717) is 11.3 Å². The molecule has 6 nitrogen and oxygen atoms in total. The Bertz CT molecular complexity index is 1000. The number of aromatic nitrogens is 2. The van der Waals surface area contributed by atoms with Crippen molar-refractivity contribution in [2.75, 3.05) is 13.1 Å². The molecular weight excluding hydrogens is 366 g/mol. The van der Waals surface area contributed by atoms with Crippen molar-refractivity contribution in [2.45, 2.75) is 6.92 Å². The first-order valence-electron chi connectivity index (χ1n) is 8.58. The van der Waals surface area contributed by atoms with E-state index in [9.17, 15) is 18.4 Å². The summed E-state index contributed by atoms with van der Waals surface area (Å²) in [4.78, 5) is 24.1. The molecule has 144 valence electrons. The van der Waals surface area contributed by atoms with Gasteiger partial charge in [-0.3, -0.25) is 9.59 Å². The van der Waals surface area contributed by atoms with Crippen LogP contribution in [-0.4, -0.2) is 34.7 Å². The van der Waals surface area contributed by atoms with Crippen molar-refractivity contribution in [3.63, 3.8) is 0 Å². The van der Waals surface area contributed by atoms with Crippen LogP contribution in [0.3, 0.4) is 0 Å². The smallest absolute Gasteiger partial charge is 0.271 e. The largest absolute Gasteiger partial charge is 0.350 e.